The summed E-state index contributed by atoms with van der Waals surface area (Å²) in [5, 5.41) is 1.76. The van der Waals surface area contributed by atoms with Gasteiger partial charge in [-0.3, -0.25) is 0 Å². The van der Waals surface area contributed by atoms with E-state index in [9.17, 15) is 9.59 Å². The lowest BCUT2D eigenvalue weighted by atomic mass is 10.2. The minimum atomic E-state index is -1.01. The Kier molecular flexibility index (Phi) is 8.73. The maximum absolute atomic E-state index is 13.1. The maximum atomic E-state index is 13.1. The van der Waals surface area contributed by atoms with Gasteiger partial charge in [0.25, 0.3) is 0 Å². The smallest absolute Gasteiger partial charge is 0.341 e. The molecule has 4 nitrogen and oxygen atoms in total. The third-order valence-corrected chi connectivity index (χ3v) is 18.2. The van der Waals surface area contributed by atoms with Crippen LogP contribution in [-0.2, 0) is 9.47 Å². The average molecular weight is 617 g/mol. The van der Waals surface area contributed by atoms with Crippen molar-refractivity contribution in [2.75, 3.05) is 13.2 Å². The number of hydrogen-bond acceptors (Lipinski definition) is 8. The van der Waals surface area contributed by atoms with E-state index >= 15 is 0 Å². The number of fused-ring (bicyclic) bond motifs is 2. The van der Waals surface area contributed by atoms with Crippen LogP contribution in [0.1, 0.15) is 76.1 Å². The van der Waals surface area contributed by atoms with E-state index in [4.69, 9.17) is 21.1 Å². The van der Waals surface area contributed by atoms with Crippen LogP contribution < -0.4 is 0 Å². The van der Waals surface area contributed by atoms with E-state index in [0.717, 1.165) is 9.75 Å². The zero-order valence-corrected chi connectivity index (χ0v) is 27.2. The van der Waals surface area contributed by atoms with Crippen LogP contribution in [0.3, 0.4) is 0 Å². The van der Waals surface area contributed by atoms with E-state index in [-0.39, 0.29) is 13.2 Å². The number of esters is 2. The molecule has 0 aliphatic heterocycles. The van der Waals surface area contributed by atoms with E-state index in [0.29, 0.717) is 40.6 Å². The summed E-state index contributed by atoms with van der Waals surface area (Å²) in [6, 6.07) is 4.59. The summed E-state index contributed by atoms with van der Waals surface area (Å²) in [7, 11) is -1.01. The Morgan fingerprint density at radius 1 is 0.784 bits per heavy atom. The van der Waals surface area contributed by atoms with Crippen molar-refractivity contribution in [3.63, 3.8) is 0 Å². The lowest BCUT2D eigenvalue weighted by molar-refractivity contribution is 0.0519. The second kappa shape index (κ2) is 11.2. The van der Waals surface area contributed by atoms with E-state index in [1.54, 1.807) is 25.2 Å². The molecule has 0 aliphatic rings. The summed E-state index contributed by atoms with van der Waals surface area (Å²) in [5.41, 5.74) is 0.829. The average Bonchev–Trinajstić information content (AvgIpc) is 3.51. The standard InChI is InChI=1S/C27H33ClO4S5/c1-9-31-26(29)20-22(35-24-21(27(30)32-10-2)25(28)36-23(20)24)18-11-16-17(33-18)12-19(34-16)37(13(3)4,14(5)6)15(7)8/h11-15H,9-10H2,1-8H3. The highest BCUT2D eigenvalue weighted by molar-refractivity contribution is 8.36. The summed E-state index contributed by atoms with van der Waals surface area (Å²) in [4.78, 5) is 27.7. The number of carbonyl (C=O) groups is 2. The summed E-state index contributed by atoms with van der Waals surface area (Å²) >= 11 is 12.7. The van der Waals surface area contributed by atoms with E-state index in [2.05, 4.69) is 53.7 Å². The monoisotopic (exact) mass is 616 g/mol. The summed E-state index contributed by atoms with van der Waals surface area (Å²) < 4.78 is 16.4. The Bertz CT molecular complexity index is 1400. The van der Waals surface area contributed by atoms with Crippen LogP contribution in [0.15, 0.2) is 16.3 Å². The van der Waals surface area contributed by atoms with Gasteiger partial charge in [0.2, 0.25) is 0 Å². The van der Waals surface area contributed by atoms with Gasteiger partial charge in [0, 0.05) is 18.5 Å². The van der Waals surface area contributed by atoms with Gasteiger partial charge in [-0.1, -0.05) is 53.1 Å². The third-order valence-electron chi connectivity index (χ3n) is 6.54. The van der Waals surface area contributed by atoms with Gasteiger partial charge in [-0.05, 0) is 41.7 Å². The van der Waals surface area contributed by atoms with Crippen LogP contribution in [0.25, 0.3) is 28.6 Å². The van der Waals surface area contributed by atoms with Crippen LogP contribution in [0.2, 0.25) is 4.34 Å². The molecule has 202 valence electrons. The van der Waals surface area contributed by atoms with Crippen LogP contribution in [0.5, 0.6) is 0 Å². The molecule has 10 heteroatoms. The first-order valence-corrected chi connectivity index (χ1v) is 17.9. The first-order chi connectivity index (χ1) is 17.5. The molecule has 0 unspecified atom stereocenters. The van der Waals surface area contributed by atoms with Gasteiger partial charge in [0.1, 0.15) is 9.90 Å². The zero-order valence-electron chi connectivity index (χ0n) is 22.4. The van der Waals surface area contributed by atoms with Crippen molar-refractivity contribution in [3.8, 4) is 9.75 Å². The van der Waals surface area contributed by atoms with Gasteiger partial charge in [-0.25, -0.2) is 9.59 Å². The Balaban J connectivity index is 1.89. The molecule has 0 bridgehead atoms. The molecule has 0 spiro atoms. The fourth-order valence-electron chi connectivity index (χ4n) is 5.28. The quantitative estimate of drug-likeness (QED) is 0.176. The van der Waals surface area contributed by atoms with Crippen molar-refractivity contribution in [1.82, 2.24) is 0 Å². The molecule has 0 amide bonds. The number of ether oxygens (including phenoxy) is 2. The predicted octanol–water partition coefficient (Wildman–Crippen LogP) is 10.3. The normalized spacial score (nSPS) is 13.0. The van der Waals surface area contributed by atoms with Gasteiger partial charge in [-0.2, -0.15) is 10.0 Å². The molecule has 4 aromatic heterocycles. The molecule has 4 aromatic rings. The van der Waals surface area contributed by atoms with Crippen molar-refractivity contribution in [1.29, 1.82) is 0 Å². The number of thiophene rings is 4. The largest absolute Gasteiger partial charge is 0.462 e. The maximum Gasteiger partial charge on any atom is 0.341 e. The molecule has 4 heterocycles. The minimum absolute atomic E-state index is 0.256. The number of halogens is 1. The molecule has 0 saturated carbocycles. The highest BCUT2D eigenvalue weighted by atomic mass is 35.5. The zero-order chi connectivity index (χ0) is 27.2. The first kappa shape index (κ1) is 28.9. The summed E-state index contributed by atoms with van der Waals surface area (Å²) in [6.45, 7) is 18.3. The van der Waals surface area contributed by atoms with Crippen LogP contribution >= 0.6 is 67.0 Å². The van der Waals surface area contributed by atoms with Crippen LogP contribution in [0, 0.1) is 0 Å². The van der Waals surface area contributed by atoms with Crippen LogP contribution in [-0.4, -0.2) is 40.9 Å². The molecule has 0 N–H and O–H groups in total. The first-order valence-electron chi connectivity index (χ1n) is 12.4. The summed E-state index contributed by atoms with van der Waals surface area (Å²) in [5.74, 6) is -0.855. The summed E-state index contributed by atoms with van der Waals surface area (Å²) in [6.07, 6.45) is 0. The SMILES string of the molecule is CCOC(=O)c1c(Cl)sc2c(C(=O)OCC)c(-c3cc4sc(S(C(C)C)(C(C)C)C(C)C)cc4s3)sc12. The topological polar surface area (TPSA) is 52.6 Å². The van der Waals surface area contributed by atoms with E-state index in [1.807, 2.05) is 11.3 Å². The lowest BCUT2D eigenvalue weighted by Gasteiger charge is -2.50. The van der Waals surface area contributed by atoms with Crippen molar-refractivity contribution >= 4 is 97.7 Å². The van der Waals surface area contributed by atoms with Gasteiger partial charge < -0.3 is 9.47 Å². The second-order valence-corrected chi connectivity index (χ2v) is 19.3. The van der Waals surface area contributed by atoms with Gasteiger partial charge >= 0.3 is 11.9 Å². The van der Waals surface area contributed by atoms with Crippen LogP contribution in [0.4, 0.5) is 0 Å². The van der Waals surface area contributed by atoms with E-state index < -0.39 is 22.0 Å². The number of hydrogen-bond donors (Lipinski definition) is 0. The molecule has 4 rings (SSSR count). The molecule has 0 atom stereocenters. The molecule has 0 aliphatic carbocycles. The predicted molar refractivity (Wildman–Crippen MR) is 167 cm³/mol. The molecular weight excluding hydrogens is 584 g/mol. The molecule has 37 heavy (non-hydrogen) atoms. The molecule has 0 fully saturated rings. The Hall–Kier alpha value is -1.10. The number of carbonyl (C=O) groups excluding carboxylic acids is 2. The van der Waals surface area contributed by atoms with Gasteiger partial charge in [0.05, 0.1) is 33.1 Å². The fraction of sp³-hybridized carbons (Fsp3) is 0.481. The van der Waals surface area contributed by atoms with Crippen molar-refractivity contribution in [2.45, 2.75) is 75.3 Å². The van der Waals surface area contributed by atoms with Gasteiger partial charge in [-0.15, -0.1) is 45.3 Å². The molecule has 0 radical (unpaired) electrons. The Labute approximate surface area is 241 Å². The van der Waals surface area contributed by atoms with Crippen molar-refractivity contribution < 1.29 is 19.1 Å². The van der Waals surface area contributed by atoms with Gasteiger partial charge in [0.15, 0.2) is 0 Å². The van der Waals surface area contributed by atoms with Crippen molar-refractivity contribution in [3.05, 3.63) is 27.6 Å². The number of rotatable bonds is 9. The minimum Gasteiger partial charge on any atom is -0.462 e. The Morgan fingerprint density at radius 3 is 1.81 bits per heavy atom. The molecule has 0 aromatic carbocycles. The highest BCUT2D eigenvalue weighted by Gasteiger charge is 2.38. The second-order valence-electron chi connectivity index (χ2n) is 9.47. The third kappa shape index (κ3) is 4.78. The lowest BCUT2D eigenvalue weighted by Crippen LogP contribution is -2.28. The molecular formula is C27H33ClO4S5. The Morgan fingerprint density at radius 2 is 1.30 bits per heavy atom. The van der Waals surface area contributed by atoms with E-state index in [1.165, 1.54) is 36.3 Å². The van der Waals surface area contributed by atoms with Crippen molar-refractivity contribution in [2.24, 2.45) is 0 Å². The molecule has 0 saturated heterocycles. The fourth-order valence-corrected chi connectivity index (χ4v) is 18.2. The highest BCUT2D eigenvalue weighted by Crippen LogP contribution is 2.69.